The summed E-state index contributed by atoms with van der Waals surface area (Å²) in [6, 6.07) is 4.85. The zero-order valence-corrected chi connectivity index (χ0v) is 12.2. The van der Waals surface area contributed by atoms with E-state index in [9.17, 15) is 10.1 Å². The van der Waals surface area contributed by atoms with E-state index in [4.69, 9.17) is 16.3 Å². The molecule has 0 amide bonds. The van der Waals surface area contributed by atoms with Crippen molar-refractivity contribution in [2.75, 3.05) is 19.0 Å². The number of benzene rings is 1. The van der Waals surface area contributed by atoms with Crippen LogP contribution in [-0.4, -0.2) is 28.5 Å². The summed E-state index contributed by atoms with van der Waals surface area (Å²) in [7, 11) is 1.48. The summed E-state index contributed by atoms with van der Waals surface area (Å²) in [6.07, 6.45) is 1.26. The number of nitrogens with one attached hydrogen (secondary N) is 1. The Bertz CT molecular complexity index is 678. The highest BCUT2D eigenvalue weighted by molar-refractivity contribution is 6.31. The second-order valence-electron chi connectivity index (χ2n) is 4.05. The van der Waals surface area contributed by atoms with Crippen molar-refractivity contribution in [3.8, 4) is 17.0 Å². The third-order valence-electron chi connectivity index (χ3n) is 2.77. The Morgan fingerprint density at radius 1 is 1.43 bits per heavy atom. The summed E-state index contributed by atoms with van der Waals surface area (Å²) in [6.45, 7) is 2.33. The van der Waals surface area contributed by atoms with Crippen molar-refractivity contribution in [2.45, 2.75) is 6.92 Å². The second-order valence-corrected chi connectivity index (χ2v) is 4.49. The molecule has 1 heterocycles. The average molecular weight is 309 g/mol. The standard InChI is InChI=1S/C13H13ClN4O3/c1-3-15-13-12(18(19)20)11(16-7-17-13)9-6-8(14)4-5-10(9)21-2/h4-7H,3H2,1-2H3,(H,15,16,17). The van der Waals surface area contributed by atoms with E-state index in [1.807, 2.05) is 6.92 Å². The average Bonchev–Trinajstić information content (AvgIpc) is 2.47. The number of nitrogens with zero attached hydrogens (tertiary/aromatic N) is 3. The van der Waals surface area contributed by atoms with Crippen LogP contribution in [0.5, 0.6) is 5.75 Å². The van der Waals surface area contributed by atoms with Crippen molar-refractivity contribution in [2.24, 2.45) is 0 Å². The molecule has 0 aliphatic rings. The van der Waals surface area contributed by atoms with E-state index < -0.39 is 4.92 Å². The zero-order chi connectivity index (χ0) is 15.4. The number of nitro groups is 1. The van der Waals surface area contributed by atoms with Crippen LogP contribution in [0.4, 0.5) is 11.5 Å². The largest absolute Gasteiger partial charge is 0.496 e. The Morgan fingerprint density at radius 2 is 2.19 bits per heavy atom. The molecule has 0 saturated heterocycles. The fourth-order valence-electron chi connectivity index (χ4n) is 1.91. The normalized spacial score (nSPS) is 10.2. The molecule has 1 N–H and O–H groups in total. The maximum Gasteiger partial charge on any atom is 0.337 e. The topological polar surface area (TPSA) is 90.2 Å². The number of anilines is 1. The number of ether oxygens (including phenoxy) is 1. The predicted molar refractivity (Wildman–Crippen MR) is 79.8 cm³/mol. The molecule has 0 spiro atoms. The van der Waals surface area contributed by atoms with Gasteiger partial charge in [0.15, 0.2) is 5.69 Å². The van der Waals surface area contributed by atoms with Gasteiger partial charge in [-0.25, -0.2) is 9.97 Å². The molecule has 0 radical (unpaired) electrons. The number of aromatic nitrogens is 2. The Morgan fingerprint density at radius 3 is 2.81 bits per heavy atom. The Labute approximate surface area is 126 Å². The van der Waals surface area contributed by atoms with Gasteiger partial charge in [0.25, 0.3) is 0 Å². The van der Waals surface area contributed by atoms with Gasteiger partial charge < -0.3 is 10.1 Å². The summed E-state index contributed by atoms with van der Waals surface area (Å²) in [5, 5.41) is 14.7. The smallest absolute Gasteiger partial charge is 0.337 e. The van der Waals surface area contributed by atoms with Crippen molar-refractivity contribution in [3.05, 3.63) is 39.7 Å². The molecule has 0 aliphatic heterocycles. The molecule has 8 heteroatoms. The molecular formula is C13H13ClN4O3. The first-order valence-electron chi connectivity index (χ1n) is 6.15. The highest BCUT2D eigenvalue weighted by atomic mass is 35.5. The van der Waals surface area contributed by atoms with Crippen LogP contribution in [0.3, 0.4) is 0 Å². The minimum absolute atomic E-state index is 0.158. The number of hydrogen-bond donors (Lipinski definition) is 1. The van der Waals surface area contributed by atoms with Crippen molar-refractivity contribution >= 4 is 23.1 Å². The van der Waals surface area contributed by atoms with E-state index in [0.717, 1.165) is 0 Å². The Kier molecular flexibility index (Phi) is 4.54. The lowest BCUT2D eigenvalue weighted by Gasteiger charge is -2.10. The van der Waals surface area contributed by atoms with Crippen molar-refractivity contribution in [1.82, 2.24) is 9.97 Å². The fraction of sp³-hybridized carbons (Fsp3) is 0.231. The molecule has 1 aromatic carbocycles. The van der Waals surface area contributed by atoms with E-state index in [0.29, 0.717) is 22.9 Å². The molecule has 0 aliphatic carbocycles. The van der Waals surface area contributed by atoms with Crippen LogP contribution >= 0.6 is 11.6 Å². The van der Waals surface area contributed by atoms with Gasteiger partial charge in [0.2, 0.25) is 5.82 Å². The first-order chi connectivity index (χ1) is 10.1. The van der Waals surface area contributed by atoms with Gasteiger partial charge in [-0.3, -0.25) is 10.1 Å². The molecule has 0 fully saturated rings. The Hall–Kier alpha value is -2.41. The molecule has 2 aromatic rings. The molecule has 2 rings (SSSR count). The summed E-state index contributed by atoms with van der Waals surface area (Å²) in [5.41, 5.74) is 0.392. The fourth-order valence-corrected chi connectivity index (χ4v) is 2.08. The minimum atomic E-state index is -0.520. The SMILES string of the molecule is CCNc1ncnc(-c2cc(Cl)ccc2OC)c1[N+](=O)[O-]. The number of methoxy groups -OCH3 is 1. The van der Waals surface area contributed by atoms with Crippen LogP contribution in [0.25, 0.3) is 11.3 Å². The van der Waals surface area contributed by atoms with Crippen molar-refractivity contribution < 1.29 is 9.66 Å². The first kappa shape index (κ1) is 15.0. The molecule has 21 heavy (non-hydrogen) atoms. The second kappa shape index (κ2) is 6.36. The van der Waals surface area contributed by atoms with Crippen LogP contribution in [0, 0.1) is 10.1 Å². The highest BCUT2D eigenvalue weighted by Crippen LogP contribution is 2.38. The number of rotatable bonds is 5. The lowest BCUT2D eigenvalue weighted by atomic mass is 10.1. The molecule has 0 saturated carbocycles. The number of hydrogen-bond acceptors (Lipinski definition) is 6. The van der Waals surface area contributed by atoms with Crippen LogP contribution in [0.15, 0.2) is 24.5 Å². The maximum absolute atomic E-state index is 11.4. The minimum Gasteiger partial charge on any atom is -0.496 e. The molecule has 0 atom stereocenters. The summed E-state index contributed by atoms with van der Waals surface area (Å²) in [4.78, 5) is 18.8. The molecule has 7 nitrogen and oxygen atoms in total. The summed E-state index contributed by atoms with van der Waals surface area (Å²) < 4.78 is 5.23. The highest BCUT2D eigenvalue weighted by Gasteiger charge is 2.25. The van der Waals surface area contributed by atoms with E-state index in [2.05, 4.69) is 15.3 Å². The molecular weight excluding hydrogens is 296 g/mol. The van der Waals surface area contributed by atoms with Gasteiger partial charge >= 0.3 is 5.69 Å². The van der Waals surface area contributed by atoms with E-state index in [1.54, 1.807) is 18.2 Å². The summed E-state index contributed by atoms with van der Waals surface area (Å²) >= 11 is 5.97. The monoisotopic (exact) mass is 308 g/mol. The van der Waals surface area contributed by atoms with Crippen molar-refractivity contribution in [1.29, 1.82) is 0 Å². The zero-order valence-electron chi connectivity index (χ0n) is 11.5. The molecule has 110 valence electrons. The maximum atomic E-state index is 11.4. The van der Waals surface area contributed by atoms with Crippen LogP contribution < -0.4 is 10.1 Å². The van der Waals surface area contributed by atoms with Gasteiger partial charge in [-0.2, -0.15) is 0 Å². The van der Waals surface area contributed by atoms with Gasteiger partial charge in [0.1, 0.15) is 12.1 Å². The van der Waals surface area contributed by atoms with Gasteiger partial charge in [0, 0.05) is 11.6 Å². The van der Waals surface area contributed by atoms with Crippen LogP contribution in [-0.2, 0) is 0 Å². The quantitative estimate of drug-likeness (QED) is 0.674. The van der Waals surface area contributed by atoms with E-state index >= 15 is 0 Å². The van der Waals surface area contributed by atoms with Crippen LogP contribution in [0.1, 0.15) is 6.92 Å². The molecule has 0 bridgehead atoms. The van der Waals surface area contributed by atoms with Gasteiger partial charge in [-0.05, 0) is 25.1 Å². The lowest BCUT2D eigenvalue weighted by Crippen LogP contribution is -2.06. The van der Waals surface area contributed by atoms with E-state index in [1.165, 1.54) is 13.4 Å². The third kappa shape index (κ3) is 3.03. The van der Waals surface area contributed by atoms with Gasteiger partial charge in [0.05, 0.1) is 17.6 Å². The predicted octanol–water partition coefficient (Wildman–Crippen LogP) is 3.15. The Balaban J connectivity index is 2.71. The van der Waals surface area contributed by atoms with Crippen molar-refractivity contribution in [3.63, 3.8) is 0 Å². The first-order valence-corrected chi connectivity index (χ1v) is 6.53. The molecule has 1 aromatic heterocycles. The summed E-state index contributed by atoms with van der Waals surface area (Å²) in [5.74, 6) is 0.609. The van der Waals surface area contributed by atoms with E-state index in [-0.39, 0.29) is 17.2 Å². The lowest BCUT2D eigenvalue weighted by molar-refractivity contribution is -0.383. The molecule has 0 unspecified atom stereocenters. The number of halogens is 1. The van der Waals surface area contributed by atoms with Crippen LogP contribution in [0.2, 0.25) is 5.02 Å². The van der Waals surface area contributed by atoms with Gasteiger partial charge in [-0.15, -0.1) is 0 Å². The van der Waals surface area contributed by atoms with Gasteiger partial charge in [-0.1, -0.05) is 11.6 Å². The third-order valence-corrected chi connectivity index (χ3v) is 3.00.